The maximum atomic E-state index is 12.4. The monoisotopic (exact) mass is 277 g/mol. The summed E-state index contributed by atoms with van der Waals surface area (Å²) in [6.07, 6.45) is 0. The van der Waals surface area contributed by atoms with Crippen molar-refractivity contribution in [3.05, 3.63) is 15.8 Å². The maximum Gasteiger partial charge on any atom is 0.244 e. The van der Waals surface area contributed by atoms with Gasteiger partial charge in [-0.25, -0.2) is 8.42 Å². The summed E-state index contributed by atoms with van der Waals surface area (Å²) in [4.78, 5) is 0.779. The Bertz CT molecular complexity index is 488. The minimum Gasteiger partial charge on any atom is -0.391 e. The molecule has 0 bridgehead atoms. The number of sulfonamides is 1. The summed E-state index contributed by atoms with van der Waals surface area (Å²) in [6, 6.07) is 0. The molecule has 0 aromatic carbocycles. The van der Waals surface area contributed by atoms with Crippen molar-refractivity contribution < 1.29 is 18.3 Å². The standard InChI is InChI=1S/C10H15NO4S2/c1-8-7-16-9(6-12)10(8)17(13,14)11-2-4-15-5-3-11/h7,12H,2-6H2,1H3. The van der Waals surface area contributed by atoms with Gasteiger partial charge in [0, 0.05) is 13.1 Å². The summed E-state index contributed by atoms with van der Waals surface area (Å²) in [5, 5.41) is 11.0. The van der Waals surface area contributed by atoms with Crippen LogP contribution in [0.25, 0.3) is 0 Å². The number of thiophene rings is 1. The zero-order chi connectivity index (χ0) is 12.5. The van der Waals surface area contributed by atoms with Crippen LogP contribution in [-0.4, -0.2) is 44.1 Å². The van der Waals surface area contributed by atoms with Gasteiger partial charge in [-0.1, -0.05) is 0 Å². The Labute approximate surface area is 105 Å². The van der Waals surface area contributed by atoms with Crippen molar-refractivity contribution in [1.82, 2.24) is 4.31 Å². The van der Waals surface area contributed by atoms with Gasteiger partial charge in [0.1, 0.15) is 4.90 Å². The fourth-order valence-corrected chi connectivity index (χ4v) is 4.88. The first-order valence-corrected chi connectivity index (χ1v) is 7.65. The van der Waals surface area contributed by atoms with Crippen molar-refractivity contribution in [2.45, 2.75) is 18.4 Å². The number of ether oxygens (including phenoxy) is 1. The number of hydrogen-bond acceptors (Lipinski definition) is 5. The van der Waals surface area contributed by atoms with Gasteiger partial charge in [-0.3, -0.25) is 0 Å². The first-order chi connectivity index (χ1) is 8.07. The molecule has 0 amide bonds. The van der Waals surface area contributed by atoms with E-state index >= 15 is 0 Å². The largest absolute Gasteiger partial charge is 0.391 e. The Morgan fingerprint density at radius 3 is 2.71 bits per heavy atom. The fraction of sp³-hybridized carbons (Fsp3) is 0.600. The molecule has 1 fully saturated rings. The summed E-state index contributed by atoms with van der Waals surface area (Å²) in [7, 11) is -3.49. The average molecular weight is 277 g/mol. The van der Waals surface area contributed by atoms with E-state index in [-0.39, 0.29) is 11.5 Å². The Morgan fingerprint density at radius 2 is 2.12 bits per heavy atom. The molecular weight excluding hydrogens is 262 g/mol. The van der Waals surface area contributed by atoms with Crippen LogP contribution in [0.15, 0.2) is 10.3 Å². The summed E-state index contributed by atoms with van der Waals surface area (Å²) in [5.41, 5.74) is 0.700. The molecule has 0 saturated carbocycles. The van der Waals surface area contributed by atoms with Crippen LogP contribution in [0.4, 0.5) is 0 Å². The average Bonchev–Trinajstić information content (AvgIpc) is 2.72. The predicted octanol–water partition coefficient (Wildman–Crippen LogP) is 0.570. The molecule has 1 aliphatic heterocycles. The Morgan fingerprint density at radius 1 is 1.47 bits per heavy atom. The lowest BCUT2D eigenvalue weighted by Gasteiger charge is -2.26. The lowest BCUT2D eigenvalue weighted by molar-refractivity contribution is 0.0730. The highest BCUT2D eigenvalue weighted by Crippen LogP contribution is 2.29. The van der Waals surface area contributed by atoms with Gasteiger partial charge in [-0.05, 0) is 17.9 Å². The molecule has 1 aromatic heterocycles. The fourth-order valence-electron chi connectivity index (χ4n) is 1.86. The lowest BCUT2D eigenvalue weighted by Crippen LogP contribution is -2.40. The van der Waals surface area contributed by atoms with Crippen LogP contribution >= 0.6 is 11.3 Å². The molecule has 0 spiro atoms. The van der Waals surface area contributed by atoms with Crippen LogP contribution in [0, 0.1) is 6.92 Å². The van der Waals surface area contributed by atoms with Gasteiger partial charge in [-0.2, -0.15) is 4.31 Å². The molecule has 2 heterocycles. The molecule has 0 atom stereocenters. The van der Waals surface area contributed by atoms with Gasteiger partial charge in [0.05, 0.1) is 24.7 Å². The molecular formula is C10H15NO4S2. The molecule has 1 saturated heterocycles. The number of aliphatic hydroxyl groups excluding tert-OH is 1. The van der Waals surface area contributed by atoms with Crippen LogP contribution < -0.4 is 0 Å². The van der Waals surface area contributed by atoms with E-state index in [2.05, 4.69) is 0 Å². The van der Waals surface area contributed by atoms with E-state index in [1.807, 2.05) is 0 Å². The molecule has 7 heteroatoms. The van der Waals surface area contributed by atoms with E-state index in [4.69, 9.17) is 4.74 Å². The highest BCUT2D eigenvalue weighted by atomic mass is 32.2. The van der Waals surface area contributed by atoms with Crippen molar-refractivity contribution in [2.24, 2.45) is 0 Å². The second kappa shape index (κ2) is 5.03. The molecule has 0 aliphatic carbocycles. The van der Waals surface area contributed by atoms with Crippen molar-refractivity contribution >= 4 is 21.4 Å². The Kier molecular flexibility index (Phi) is 3.84. The van der Waals surface area contributed by atoms with Crippen LogP contribution in [-0.2, 0) is 21.4 Å². The molecule has 17 heavy (non-hydrogen) atoms. The molecule has 96 valence electrons. The third kappa shape index (κ3) is 2.38. The minimum absolute atomic E-state index is 0.239. The zero-order valence-corrected chi connectivity index (χ0v) is 11.2. The van der Waals surface area contributed by atoms with Crippen molar-refractivity contribution in [3.63, 3.8) is 0 Å². The van der Waals surface area contributed by atoms with Crippen LogP contribution in [0.5, 0.6) is 0 Å². The molecule has 0 unspecified atom stereocenters. The smallest absolute Gasteiger partial charge is 0.244 e. The molecule has 1 N–H and O–H groups in total. The number of rotatable bonds is 3. The third-order valence-electron chi connectivity index (χ3n) is 2.70. The third-order valence-corrected chi connectivity index (χ3v) is 6.05. The quantitative estimate of drug-likeness (QED) is 0.877. The first-order valence-electron chi connectivity index (χ1n) is 5.33. The minimum atomic E-state index is -3.49. The molecule has 1 aromatic rings. The van der Waals surface area contributed by atoms with E-state index in [0.717, 1.165) is 0 Å². The summed E-state index contributed by atoms with van der Waals surface area (Å²) in [6.45, 7) is 3.12. The Hall–Kier alpha value is -0.470. The number of nitrogens with zero attached hydrogens (tertiary/aromatic N) is 1. The molecule has 5 nitrogen and oxygen atoms in total. The Balaban J connectivity index is 2.39. The summed E-state index contributed by atoms with van der Waals surface area (Å²) in [5.74, 6) is 0. The second-order valence-electron chi connectivity index (χ2n) is 3.85. The zero-order valence-electron chi connectivity index (χ0n) is 9.55. The normalized spacial score (nSPS) is 18.5. The topological polar surface area (TPSA) is 66.8 Å². The highest BCUT2D eigenvalue weighted by Gasteiger charge is 2.30. The SMILES string of the molecule is Cc1csc(CO)c1S(=O)(=O)N1CCOCC1. The van der Waals surface area contributed by atoms with E-state index in [0.29, 0.717) is 36.7 Å². The summed E-state index contributed by atoms with van der Waals surface area (Å²) < 4.78 is 31.4. The summed E-state index contributed by atoms with van der Waals surface area (Å²) >= 11 is 1.28. The molecule has 0 radical (unpaired) electrons. The number of morpholine rings is 1. The number of hydrogen-bond donors (Lipinski definition) is 1. The number of aryl methyl sites for hydroxylation is 1. The predicted molar refractivity (Wildman–Crippen MR) is 64.6 cm³/mol. The lowest BCUT2D eigenvalue weighted by atomic mass is 10.3. The van der Waals surface area contributed by atoms with Crippen molar-refractivity contribution in [1.29, 1.82) is 0 Å². The number of aliphatic hydroxyl groups is 1. The second-order valence-corrected chi connectivity index (χ2v) is 6.68. The maximum absolute atomic E-state index is 12.4. The van der Waals surface area contributed by atoms with Gasteiger partial charge < -0.3 is 9.84 Å². The van der Waals surface area contributed by atoms with E-state index in [1.54, 1.807) is 12.3 Å². The van der Waals surface area contributed by atoms with Gasteiger partial charge in [0.15, 0.2) is 0 Å². The van der Waals surface area contributed by atoms with Gasteiger partial charge in [0.25, 0.3) is 0 Å². The van der Waals surface area contributed by atoms with Crippen molar-refractivity contribution in [2.75, 3.05) is 26.3 Å². The van der Waals surface area contributed by atoms with Gasteiger partial charge in [0.2, 0.25) is 10.0 Å². The first kappa shape index (κ1) is 13.0. The van der Waals surface area contributed by atoms with E-state index in [9.17, 15) is 13.5 Å². The van der Waals surface area contributed by atoms with Crippen molar-refractivity contribution in [3.8, 4) is 0 Å². The van der Waals surface area contributed by atoms with Gasteiger partial charge >= 0.3 is 0 Å². The molecule has 2 rings (SSSR count). The highest BCUT2D eigenvalue weighted by molar-refractivity contribution is 7.89. The van der Waals surface area contributed by atoms with Crippen LogP contribution in [0.1, 0.15) is 10.4 Å². The van der Waals surface area contributed by atoms with Crippen LogP contribution in [0.2, 0.25) is 0 Å². The van der Waals surface area contributed by atoms with E-state index < -0.39 is 10.0 Å². The molecule has 1 aliphatic rings. The van der Waals surface area contributed by atoms with E-state index in [1.165, 1.54) is 15.6 Å². The van der Waals surface area contributed by atoms with Gasteiger partial charge in [-0.15, -0.1) is 11.3 Å². The van der Waals surface area contributed by atoms with Crippen LogP contribution in [0.3, 0.4) is 0 Å².